The molecule has 1 aromatic carbocycles. The predicted molar refractivity (Wildman–Crippen MR) is 111 cm³/mol. The average molecular weight is 461 g/mol. The Morgan fingerprint density at radius 2 is 1.97 bits per heavy atom. The maximum Gasteiger partial charge on any atom is 0.266 e. The minimum atomic E-state index is -4.41. The van der Waals surface area contributed by atoms with Crippen LogP contribution in [0.5, 0.6) is 5.75 Å². The van der Waals surface area contributed by atoms with Crippen molar-refractivity contribution < 1.29 is 21.9 Å². The summed E-state index contributed by atoms with van der Waals surface area (Å²) in [5.74, 6) is -2.63. The number of sulfonamides is 1. The molecule has 0 bridgehead atoms. The number of ether oxygens (including phenoxy) is 1. The van der Waals surface area contributed by atoms with Crippen molar-refractivity contribution in [1.82, 2.24) is 20.2 Å². The summed E-state index contributed by atoms with van der Waals surface area (Å²) < 4.78 is 62.9. The summed E-state index contributed by atoms with van der Waals surface area (Å²) in [7, 11) is -4.41. The molecule has 2 aromatic heterocycles. The fourth-order valence-electron chi connectivity index (χ4n) is 4.04. The molecule has 0 unspecified atom stereocenters. The van der Waals surface area contributed by atoms with Gasteiger partial charge in [-0.25, -0.2) is 27.2 Å². The van der Waals surface area contributed by atoms with E-state index in [0.717, 1.165) is 37.2 Å². The zero-order chi connectivity index (χ0) is 22.8. The molecule has 0 amide bonds. The Kier molecular flexibility index (Phi) is 6.00. The number of nitrogens with one attached hydrogen (secondary N) is 1. The Bertz CT molecular complexity index is 1200. The fraction of sp³-hybridized carbons (Fsp3) is 0.333. The van der Waals surface area contributed by atoms with Gasteiger partial charge in [0.15, 0.2) is 11.6 Å². The Balaban J connectivity index is 1.63. The quantitative estimate of drug-likeness (QED) is 0.594. The van der Waals surface area contributed by atoms with E-state index in [2.05, 4.69) is 24.9 Å². The van der Waals surface area contributed by atoms with E-state index < -0.39 is 32.2 Å². The number of benzene rings is 1. The summed E-state index contributed by atoms with van der Waals surface area (Å²) in [5.41, 5.74) is 0.0741. The first-order valence-corrected chi connectivity index (χ1v) is 11.5. The number of hydrogen-bond acceptors (Lipinski definition) is 7. The smallest absolute Gasteiger partial charge is 0.266 e. The van der Waals surface area contributed by atoms with E-state index in [4.69, 9.17) is 4.74 Å². The molecule has 1 saturated carbocycles. The van der Waals surface area contributed by atoms with Crippen LogP contribution in [-0.4, -0.2) is 34.2 Å². The van der Waals surface area contributed by atoms with Gasteiger partial charge in [-0.15, -0.1) is 0 Å². The molecule has 0 radical (unpaired) electrons. The van der Waals surface area contributed by atoms with Gasteiger partial charge in [-0.3, -0.25) is 4.72 Å². The molecular weight excluding hydrogens is 440 g/mol. The fourth-order valence-corrected chi connectivity index (χ4v) is 5.12. The molecule has 168 valence electrons. The SMILES string of the molecule is C[C@]1(Oc2cc(F)c(S(=O)(=O)Nc3ccncn3)cc2F)CCCC[C@@H]1c1ccnnc1. The third-order valence-electron chi connectivity index (χ3n) is 5.60. The second kappa shape index (κ2) is 8.73. The highest BCUT2D eigenvalue weighted by Gasteiger charge is 2.40. The lowest BCUT2D eigenvalue weighted by molar-refractivity contribution is 0.0220. The van der Waals surface area contributed by atoms with Gasteiger partial charge in [-0.05, 0) is 43.9 Å². The summed E-state index contributed by atoms with van der Waals surface area (Å²) in [6.07, 6.45) is 8.92. The van der Waals surface area contributed by atoms with Gasteiger partial charge in [0, 0.05) is 30.4 Å². The van der Waals surface area contributed by atoms with Crippen molar-refractivity contribution in [2.45, 2.75) is 49.0 Å². The zero-order valence-corrected chi connectivity index (χ0v) is 18.0. The first-order valence-electron chi connectivity index (χ1n) is 10.0. The molecule has 2 heterocycles. The molecule has 4 rings (SSSR count). The number of aromatic nitrogens is 4. The van der Waals surface area contributed by atoms with Gasteiger partial charge in [-0.1, -0.05) is 6.42 Å². The zero-order valence-electron chi connectivity index (χ0n) is 17.2. The van der Waals surface area contributed by atoms with Gasteiger partial charge >= 0.3 is 0 Å². The summed E-state index contributed by atoms with van der Waals surface area (Å²) in [6, 6.07) is 4.51. The van der Waals surface area contributed by atoms with Gasteiger partial charge in [0.2, 0.25) is 0 Å². The molecule has 0 saturated heterocycles. The van der Waals surface area contributed by atoms with E-state index in [9.17, 15) is 17.2 Å². The van der Waals surface area contributed by atoms with Crippen molar-refractivity contribution in [3.8, 4) is 5.75 Å². The average Bonchev–Trinajstić information content (AvgIpc) is 2.77. The Morgan fingerprint density at radius 3 is 2.69 bits per heavy atom. The first-order chi connectivity index (χ1) is 15.3. The largest absolute Gasteiger partial charge is 0.484 e. The van der Waals surface area contributed by atoms with Crippen molar-refractivity contribution in [2.75, 3.05) is 4.72 Å². The third kappa shape index (κ3) is 4.52. The molecule has 32 heavy (non-hydrogen) atoms. The molecule has 11 heteroatoms. The Hall–Kier alpha value is -3.21. The van der Waals surface area contributed by atoms with E-state index >= 15 is 0 Å². The molecule has 1 aliphatic carbocycles. The highest BCUT2D eigenvalue weighted by molar-refractivity contribution is 7.92. The van der Waals surface area contributed by atoms with Crippen molar-refractivity contribution in [1.29, 1.82) is 0 Å². The third-order valence-corrected chi connectivity index (χ3v) is 6.97. The van der Waals surface area contributed by atoms with Crippen LogP contribution >= 0.6 is 0 Å². The minimum Gasteiger partial charge on any atom is -0.484 e. The lowest BCUT2D eigenvalue weighted by atomic mass is 9.73. The van der Waals surface area contributed by atoms with Crippen molar-refractivity contribution in [3.63, 3.8) is 0 Å². The molecule has 3 aromatic rings. The van der Waals surface area contributed by atoms with Gasteiger partial charge in [-0.2, -0.15) is 10.2 Å². The first kappa shape index (κ1) is 22.0. The Labute approximate surface area is 184 Å². The predicted octanol–water partition coefficient (Wildman–Crippen LogP) is 3.84. The molecule has 2 atom stereocenters. The van der Waals surface area contributed by atoms with Crippen molar-refractivity contribution >= 4 is 15.8 Å². The normalized spacial score (nSPS) is 21.2. The van der Waals surface area contributed by atoms with Crippen LogP contribution in [0, 0.1) is 11.6 Å². The van der Waals surface area contributed by atoms with Crippen molar-refractivity contribution in [2.24, 2.45) is 0 Å². The van der Waals surface area contributed by atoms with Crippen LogP contribution < -0.4 is 9.46 Å². The topological polar surface area (TPSA) is 107 Å². The van der Waals surface area contributed by atoms with E-state index in [1.54, 1.807) is 12.4 Å². The number of anilines is 1. The molecule has 0 aliphatic heterocycles. The van der Waals surface area contributed by atoms with Crippen LogP contribution in [0.4, 0.5) is 14.6 Å². The van der Waals surface area contributed by atoms with Crippen LogP contribution in [0.15, 0.2) is 54.1 Å². The maximum atomic E-state index is 14.9. The van der Waals surface area contributed by atoms with Crippen LogP contribution in [0.1, 0.15) is 44.1 Å². The van der Waals surface area contributed by atoms with Gasteiger partial charge in [0.05, 0.1) is 6.20 Å². The molecule has 8 nitrogen and oxygen atoms in total. The molecular formula is C21H21F2N5O3S. The van der Waals surface area contributed by atoms with Crippen LogP contribution in [0.3, 0.4) is 0 Å². The lowest BCUT2D eigenvalue weighted by Gasteiger charge is -2.41. The van der Waals surface area contributed by atoms with Gasteiger partial charge < -0.3 is 4.74 Å². The van der Waals surface area contributed by atoms with E-state index in [-0.39, 0.29) is 17.5 Å². The summed E-state index contributed by atoms with van der Waals surface area (Å²) in [4.78, 5) is 6.57. The molecule has 1 N–H and O–H groups in total. The summed E-state index contributed by atoms with van der Waals surface area (Å²) >= 11 is 0. The van der Waals surface area contributed by atoms with Crippen LogP contribution in [0.2, 0.25) is 0 Å². The second-order valence-electron chi connectivity index (χ2n) is 7.80. The molecule has 0 spiro atoms. The van der Waals surface area contributed by atoms with Crippen molar-refractivity contribution in [3.05, 3.63) is 66.4 Å². The minimum absolute atomic E-state index is 0.0661. The highest BCUT2D eigenvalue weighted by Crippen LogP contribution is 2.44. The second-order valence-corrected chi connectivity index (χ2v) is 9.45. The summed E-state index contributed by atoms with van der Waals surface area (Å²) in [6.45, 7) is 1.84. The number of halogens is 2. The standard InChI is InChI=1S/C21H21F2N5O3S/c1-21(7-3-2-4-15(21)14-5-9-26-27-12-14)31-18-10-17(23)19(11-16(18)22)32(29,30)28-20-6-8-24-13-25-20/h5-6,8-13,15H,2-4,7H2,1H3,(H,24,25,28)/t15-,21+/m1/s1. The monoisotopic (exact) mass is 461 g/mol. The van der Waals surface area contributed by atoms with Crippen LogP contribution in [0.25, 0.3) is 0 Å². The van der Waals surface area contributed by atoms with Gasteiger partial charge in [0.25, 0.3) is 10.0 Å². The number of rotatable bonds is 6. The molecule has 1 aliphatic rings. The Morgan fingerprint density at radius 1 is 1.12 bits per heavy atom. The number of nitrogens with zero attached hydrogens (tertiary/aromatic N) is 4. The van der Waals surface area contributed by atoms with E-state index in [1.165, 1.54) is 12.3 Å². The van der Waals surface area contributed by atoms with E-state index in [0.29, 0.717) is 12.5 Å². The lowest BCUT2D eigenvalue weighted by Crippen LogP contribution is -2.42. The van der Waals surface area contributed by atoms with E-state index in [1.807, 2.05) is 13.0 Å². The summed E-state index contributed by atoms with van der Waals surface area (Å²) in [5, 5.41) is 7.70. The molecule has 1 fully saturated rings. The van der Waals surface area contributed by atoms with Crippen LogP contribution in [-0.2, 0) is 10.0 Å². The van der Waals surface area contributed by atoms with Gasteiger partial charge in [0.1, 0.15) is 28.5 Å². The number of hydrogen-bond donors (Lipinski definition) is 1. The highest BCUT2D eigenvalue weighted by atomic mass is 32.2. The maximum absolute atomic E-state index is 14.9.